The zero-order chi connectivity index (χ0) is 16.4. The van der Waals surface area contributed by atoms with Crippen LogP contribution < -0.4 is 0 Å². The highest BCUT2D eigenvalue weighted by Crippen LogP contribution is 2.43. The summed E-state index contributed by atoms with van der Waals surface area (Å²) in [6.07, 6.45) is -4.50. The fourth-order valence-electron chi connectivity index (χ4n) is 2.88. The van der Waals surface area contributed by atoms with E-state index in [-0.39, 0.29) is 6.10 Å². The van der Waals surface area contributed by atoms with E-state index in [1.54, 1.807) is 12.1 Å². The van der Waals surface area contributed by atoms with E-state index in [0.29, 0.717) is 32.8 Å². The van der Waals surface area contributed by atoms with Gasteiger partial charge < -0.3 is 4.74 Å². The Balaban J connectivity index is 2.16. The van der Waals surface area contributed by atoms with Gasteiger partial charge in [-0.25, -0.2) is 0 Å². The second-order valence-corrected chi connectivity index (χ2v) is 6.37. The standard InChI is InChI=1S/C17H9Cl2F3O/c18-9-4-12-11-3-8(17(20,21)22)1-2-10(11)14(16-7-23-16)6-13(12)15(19)5-9/h1-6,16H,7H2. The van der Waals surface area contributed by atoms with E-state index in [1.807, 2.05) is 6.07 Å². The summed E-state index contributed by atoms with van der Waals surface area (Å²) in [6.45, 7) is 0.562. The van der Waals surface area contributed by atoms with Crippen LogP contribution in [0, 0.1) is 0 Å². The van der Waals surface area contributed by atoms with Crippen molar-refractivity contribution in [3.63, 3.8) is 0 Å². The molecule has 1 heterocycles. The summed E-state index contributed by atoms with van der Waals surface area (Å²) < 4.78 is 44.5. The van der Waals surface area contributed by atoms with Crippen LogP contribution in [-0.2, 0) is 10.9 Å². The zero-order valence-electron chi connectivity index (χ0n) is 11.5. The van der Waals surface area contributed by atoms with Gasteiger partial charge in [0.2, 0.25) is 0 Å². The molecule has 3 aromatic rings. The Morgan fingerprint density at radius 3 is 2.26 bits per heavy atom. The second-order valence-electron chi connectivity index (χ2n) is 5.53. The predicted molar refractivity (Wildman–Crippen MR) is 85.2 cm³/mol. The number of fused-ring (bicyclic) bond motifs is 3. The molecule has 1 aliphatic rings. The Morgan fingerprint density at radius 1 is 0.913 bits per heavy atom. The fourth-order valence-corrected chi connectivity index (χ4v) is 3.42. The molecule has 6 heteroatoms. The monoisotopic (exact) mass is 356 g/mol. The normalized spacial score (nSPS) is 17.9. The van der Waals surface area contributed by atoms with Gasteiger partial charge in [-0.05, 0) is 52.1 Å². The molecule has 1 nitrogen and oxygen atoms in total. The van der Waals surface area contributed by atoms with Gasteiger partial charge >= 0.3 is 6.18 Å². The summed E-state index contributed by atoms with van der Waals surface area (Å²) in [5, 5.41) is 3.28. The number of alkyl halides is 3. The van der Waals surface area contributed by atoms with Crippen molar-refractivity contribution in [3.05, 3.63) is 57.6 Å². The minimum atomic E-state index is -4.41. The summed E-state index contributed by atoms with van der Waals surface area (Å²) in [5.74, 6) is 0. The maximum Gasteiger partial charge on any atom is 0.416 e. The molecule has 0 N–H and O–H groups in total. The summed E-state index contributed by atoms with van der Waals surface area (Å²) >= 11 is 12.3. The molecule has 0 radical (unpaired) electrons. The molecule has 0 bridgehead atoms. The number of hydrogen-bond acceptors (Lipinski definition) is 1. The number of hydrogen-bond donors (Lipinski definition) is 0. The van der Waals surface area contributed by atoms with Crippen LogP contribution >= 0.6 is 23.2 Å². The Morgan fingerprint density at radius 2 is 1.61 bits per heavy atom. The largest absolute Gasteiger partial charge is 0.416 e. The Bertz CT molecular complexity index is 946. The average molecular weight is 357 g/mol. The third kappa shape index (κ3) is 2.55. The van der Waals surface area contributed by atoms with E-state index in [1.165, 1.54) is 6.07 Å². The first kappa shape index (κ1) is 15.1. The van der Waals surface area contributed by atoms with Crippen LogP contribution in [0.4, 0.5) is 13.2 Å². The zero-order valence-corrected chi connectivity index (χ0v) is 13.1. The van der Waals surface area contributed by atoms with Crippen molar-refractivity contribution in [2.45, 2.75) is 12.3 Å². The van der Waals surface area contributed by atoms with Crippen molar-refractivity contribution in [3.8, 4) is 0 Å². The van der Waals surface area contributed by atoms with Crippen molar-refractivity contribution in [1.29, 1.82) is 0 Å². The number of rotatable bonds is 1. The third-order valence-electron chi connectivity index (χ3n) is 4.02. The minimum absolute atomic E-state index is 0.0922. The van der Waals surface area contributed by atoms with Gasteiger partial charge in [0, 0.05) is 15.4 Å². The van der Waals surface area contributed by atoms with Gasteiger partial charge in [0.25, 0.3) is 0 Å². The van der Waals surface area contributed by atoms with Crippen LogP contribution in [0.5, 0.6) is 0 Å². The van der Waals surface area contributed by atoms with Gasteiger partial charge in [0.1, 0.15) is 6.10 Å². The lowest BCUT2D eigenvalue weighted by Crippen LogP contribution is -2.04. The van der Waals surface area contributed by atoms with Gasteiger partial charge in [0.05, 0.1) is 12.2 Å². The highest BCUT2D eigenvalue weighted by atomic mass is 35.5. The molecule has 1 atom stereocenters. The quantitative estimate of drug-likeness (QED) is 0.363. The van der Waals surface area contributed by atoms with E-state index in [0.717, 1.165) is 23.1 Å². The van der Waals surface area contributed by atoms with Crippen LogP contribution in [-0.4, -0.2) is 6.61 Å². The van der Waals surface area contributed by atoms with Crippen LogP contribution in [0.1, 0.15) is 17.2 Å². The smallest absolute Gasteiger partial charge is 0.368 e. The van der Waals surface area contributed by atoms with Crippen molar-refractivity contribution in [1.82, 2.24) is 0 Å². The molecular formula is C17H9Cl2F3O. The van der Waals surface area contributed by atoms with Crippen molar-refractivity contribution >= 4 is 44.7 Å². The summed E-state index contributed by atoms with van der Waals surface area (Å²) in [5.41, 5.74) is 0.154. The molecule has 1 saturated heterocycles. The van der Waals surface area contributed by atoms with Crippen LogP contribution in [0.25, 0.3) is 21.5 Å². The highest BCUT2D eigenvalue weighted by molar-refractivity contribution is 6.39. The first-order chi connectivity index (χ1) is 10.8. The van der Waals surface area contributed by atoms with Crippen molar-refractivity contribution in [2.75, 3.05) is 6.61 Å². The minimum Gasteiger partial charge on any atom is -0.368 e. The van der Waals surface area contributed by atoms with Crippen molar-refractivity contribution in [2.24, 2.45) is 0 Å². The van der Waals surface area contributed by atoms with E-state index in [2.05, 4.69) is 0 Å². The second kappa shape index (κ2) is 5.00. The molecular weight excluding hydrogens is 348 g/mol. The molecule has 1 fully saturated rings. The first-order valence-corrected chi connectivity index (χ1v) is 7.64. The lowest BCUT2D eigenvalue weighted by molar-refractivity contribution is -0.137. The van der Waals surface area contributed by atoms with Gasteiger partial charge in [0.15, 0.2) is 0 Å². The summed E-state index contributed by atoms with van der Waals surface area (Å²) in [4.78, 5) is 0. The van der Waals surface area contributed by atoms with Gasteiger partial charge in [-0.3, -0.25) is 0 Å². The van der Waals surface area contributed by atoms with Crippen LogP contribution in [0.15, 0.2) is 36.4 Å². The summed E-state index contributed by atoms with van der Waals surface area (Å²) in [7, 11) is 0. The number of benzene rings is 3. The maximum absolute atomic E-state index is 13.1. The fraction of sp³-hybridized carbons (Fsp3) is 0.176. The van der Waals surface area contributed by atoms with Gasteiger partial charge in [-0.2, -0.15) is 13.2 Å². The molecule has 3 aromatic carbocycles. The van der Waals surface area contributed by atoms with E-state index >= 15 is 0 Å². The molecule has 4 rings (SSSR count). The van der Waals surface area contributed by atoms with E-state index in [9.17, 15) is 13.2 Å². The molecule has 0 amide bonds. The summed E-state index contributed by atoms with van der Waals surface area (Å²) in [6, 6.07) is 8.83. The van der Waals surface area contributed by atoms with Crippen LogP contribution in [0.2, 0.25) is 10.0 Å². The Kier molecular flexibility index (Phi) is 3.28. The average Bonchev–Trinajstić information content (AvgIpc) is 3.29. The maximum atomic E-state index is 13.1. The van der Waals surface area contributed by atoms with Gasteiger partial charge in [-0.1, -0.05) is 29.3 Å². The molecule has 1 unspecified atom stereocenters. The molecule has 23 heavy (non-hydrogen) atoms. The lowest BCUT2D eigenvalue weighted by atomic mass is 9.94. The van der Waals surface area contributed by atoms with Crippen molar-refractivity contribution < 1.29 is 17.9 Å². The number of ether oxygens (including phenoxy) is 1. The third-order valence-corrected chi connectivity index (χ3v) is 4.55. The molecule has 118 valence electrons. The van der Waals surface area contributed by atoms with E-state index < -0.39 is 11.7 Å². The lowest BCUT2D eigenvalue weighted by Gasteiger charge is -2.13. The number of halogens is 5. The molecule has 1 aliphatic heterocycles. The molecule has 0 saturated carbocycles. The predicted octanol–water partition coefficient (Wildman–Crippen LogP) is 6.39. The molecule has 0 aromatic heterocycles. The van der Waals surface area contributed by atoms with Crippen LogP contribution in [0.3, 0.4) is 0 Å². The van der Waals surface area contributed by atoms with E-state index in [4.69, 9.17) is 27.9 Å². The van der Waals surface area contributed by atoms with Gasteiger partial charge in [-0.15, -0.1) is 0 Å². The molecule has 0 spiro atoms. The highest BCUT2D eigenvalue weighted by Gasteiger charge is 2.32. The molecule has 0 aliphatic carbocycles. The topological polar surface area (TPSA) is 12.5 Å². The Labute approximate surface area is 139 Å². The number of epoxide rings is 1. The first-order valence-electron chi connectivity index (χ1n) is 6.89. The SMILES string of the molecule is FC(F)(F)c1ccc2c(C3CO3)cc3c(Cl)cc(Cl)cc3c2c1. The Hall–Kier alpha value is -1.49.